The predicted molar refractivity (Wildman–Crippen MR) is 39.8 cm³/mol. The Morgan fingerprint density at radius 2 is 1.91 bits per heavy atom. The van der Waals surface area contributed by atoms with Crippen molar-refractivity contribution in [2.75, 3.05) is 12.8 Å². The van der Waals surface area contributed by atoms with Crippen LogP contribution in [0.15, 0.2) is 0 Å². The second-order valence-electron chi connectivity index (χ2n) is 1.54. The molecule has 0 saturated carbocycles. The van der Waals surface area contributed by atoms with E-state index < -0.39 is 18.4 Å². The van der Waals surface area contributed by atoms with Gasteiger partial charge in [0.15, 0.2) is 6.16 Å². The van der Waals surface area contributed by atoms with Crippen molar-refractivity contribution in [3.05, 3.63) is 0 Å². The summed E-state index contributed by atoms with van der Waals surface area (Å²) in [6.45, 7) is 3.04. The summed E-state index contributed by atoms with van der Waals surface area (Å²) >= 11 is 0. The minimum atomic E-state index is -4.03. The van der Waals surface area contributed by atoms with E-state index in [2.05, 4.69) is 8.15 Å². The van der Waals surface area contributed by atoms with Crippen LogP contribution in [0, 0.1) is 0 Å². The third-order valence-electron chi connectivity index (χ3n) is 0.695. The summed E-state index contributed by atoms with van der Waals surface area (Å²) in [7, 11) is -6.17. The van der Waals surface area contributed by atoms with E-state index in [4.69, 9.17) is 0 Å². The van der Waals surface area contributed by atoms with Crippen LogP contribution >= 0.6 is 8.03 Å². The Labute approximate surface area is 66.9 Å². The van der Waals surface area contributed by atoms with Gasteiger partial charge >= 0.3 is 18.4 Å². The van der Waals surface area contributed by atoms with E-state index in [1.165, 1.54) is 6.92 Å². The molecule has 0 N–H and O–H groups in total. The first kappa shape index (κ1) is 11.0. The normalized spacial score (nSPS) is 13.1. The maximum atomic E-state index is 10.6. The van der Waals surface area contributed by atoms with Crippen LogP contribution < -0.4 is 0 Å². The van der Waals surface area contributed by atoms with Gasteiger partial charge in [-0.2, -0.15) is 8.42 Å². The van der Waals surface area contributed by atoms with E-state index in [0.717, 1.165) is 0 Å². The van der Waals surface area contributed by atoms with Gasteiger partial charge in [-0.3, -0.25) is 0 Å². The summed E-state index contributed by atoms with van der Waals surface area (Å²) in [6, 6.07) is 0. The number of rotatable bonds is 5. The SMILES string of the molecule is CCOS(=O)(=O)O[P+](=O)CC. The molecule has 1 unspecified atom stereocenters. The van der Waals surface area contributed by atoms with Crippen molar-refractivity contribution in [2.45, 2.75) is 13.8 Å². The molecule has 0 aromatic heterocycles. The van der Waals surface area contributed by atoms with Gasteiger partial charge < -0.3 is 0 Å². The molecule has 0 rings (SSSR count). The third-order valence-corrected chi connectivity index (χ3v) is 3.13. The highest BCUT2D eigenvalue weighted by molar-refractivity contribution is 7.85. The van der Waals surface area contributed by atoms with Crippen LogP contribution in [0.2, 0.25) is 0 Å². The molecule has 0 saturated heterocycles. The molecular formula is C4H10O5PS+. The van der Waals surface area contributed by atoms with Crippen molar-refractivity contribution < 1.29 is 21.1 Å². The molecule has 0 heterocycles. The summed E-state index contributed by atoms with van der Waals surface area (Å²) in [4.78, 5) is 0. The van der Waals surface area contributed by atoms with E-state index in [1.54, 1.807) is 6.92 Å². The van der Waals surface area contributed by atoms with Crippen molar-refractivity contribution in [1.29, 1.82) is 0 Å². The van der Waals surface area contributed by atoms with Gasteiger partial charge in [-0.1, -0.05) is 0 Å². The lowest BCUT2D eigenvalue weighted by Gasteiger charge is -1.92. The van der Waals surface area contributed by atoms with Gasteiger partial charge in [0.05, 0.1) is 6.61 Å². The maximum absolute atomic E-state index is 10.6. The molecule has 7 heteroatoms. The highest BCUT2D eigenvalue weighted by Crippen LogP contribution is 2.24. The summed E-state index contributed by atoms with van der Waals surface area (Å²) in [5.74, 6) is 0. The van der Waals surface area contributed by atoms with Crippen LogP contribution in [0.3, 0.4) is 0 Å². The molecule has 0 spiro atoms. The number of hydrogen-bond donors (Lipinski definition) is 0. The summed E-state index contributed by atoms with van der Waals surface area (Å²) in [5.41, 5.74) is 0. The third kappa shape index (κ3) is 5.26. The lowest BCUT2D eigenvalue weighted by Crippen LogP contribution is -2.05. The average molecular weight is 201 g/mol. The van der Waals surface area contributed by atoms with Crippen LogP contribution in [0.1, 0.15) is 13.8 Å². The first-order chi connectivity index (χ1) is 5.02. The summed E-state index contributed by atoms with van der Waals surface area (Å²) < 4.78 is 40.0. The molecule has 66 valence electrons. The highest BCUT2D eigenvalue weighted by Gasteiger charge is 2.26. The van der Waals surface area contributed by atoms with Crippen molar-refractivity contribution in [2.24, 2.45) is 0 Å². The molecule has 0 aliphatic rings. The Balaban J connectivity index is 4.03. The van der Waals surface area contributed by atoms with Crippen LogP contribution in [-0.4, -0.2) is 21.2 Å². The Kier molecular flexibility index (Phi) is 4.76. The van der Waals surface area contributed by atoms with Crippen LogP contribution in [0.25, 0.3) is 0 Å². The quantitative estimate of drug-likeness (QED) is 0.621. The van der Waals surface area contributed by atoms with Gasteiger partial charge in [-0.05, 0) is 18.4 Å². The Bertz CT molecular complexity index is 221. The maximum Gasteiger partial charge on any atom is 0.526 e. The fraction of sp³-hybridized carbons (Fsp3) is 1.00. The van der Waals surface area contributed by atoms with Crippen LogP contribution in [-0.2, 0) is 23.1 Å². The highest BCUT2D eigenvalue weighted by atomic mass is 32.3. The molecule has 0 fully saturated rings. The molecule has 0 aliphatic carbocycles. The molecule has 0 aromatic carbocycles. The zero-order valence-electron chi connectivity index (χ0n) is 6.31. The Morgan fingerprint density at radius 3 is 2.27 bits per heavy atom. The van der Waals surface area contributed by atoms with E-state index in [9.17, 15) is 13.0 Å². The topological polar surface area (TPSA) is 69.7 Å². The van der Waals surface area contributed by atoms with Gasteiger partial charge in [-0.15, -0.1) is 0 Å². The van der Waals surface area contributed by atoms with Crippen molar-refractivity contribution in [1.82, 2.24) is 0 Å². The molecule has 5 nitrogen and oxygen atoms in total. The lowest BCUT2D eigenvalue weighted by atomic mass is 10.9. The Morgan fingerprint density at radius 1 is 1.36 bits per heavy atom. The zero-order chi connectivity index (χ0) is 8.91. The molecular weight excluding hydrogens is 191 g/mol. The molecule has 0 bridgehead atoms. The first-order valence-electron chi connectivity index (χ1n) is 3.05. The zero-order valence-corrected chi connectivity index (χ0v) is 8.02. The molecule has 1 atom stereocenters. The molecule has 0 radical (unpaired) electrons. The number of hydrogen-bond acceptors (Lipinski definition) is 5. The standard InChI is InChI=1S/C4H10O5PS/c1-3-8-11(6,7)9-10(5)4-2/h3-4H2,1-2H3/q+1. The monoisotopic (exact) mass is 201 g/mol. The van der Waals surface area contributed by atoms with Gasteiger partial charge in [0.1, 0.15) is 0 Å². The largest absolute Gasteiger partial charge is 0.526 e. The Hall–Kier alpha value is -0.0300. The molecule has 0 amide bonds. The van der Waals surface area contributed by atoms with Crippen LogP contribution in [0.4, 0.5) is 0 Å². The minimum absolute atomic E-state index is 0.0186. The molecule has 0 aromatic rings. The second kappa shape index (κ2) is 4.77. The van der Waals surface area contributed by atoms with Crippen molar-refractivity contribution >= 4 is 18.4 Å². The van der Waals surface area contributed by atoms with E-state index >= 15 is 0 Å². The molecule has 0 aliphatic heterocycles. The van der Waals surface area contributed by atoms with Gasteiger partial charge in [0.2, 0.25) is 0 Å². The van der Waals surface area contributed by atoms with Gasteiger partial charge in [0, 0.05) is 3.97 Å². The summed E-state index contributed by atoms with van der Waals surface area (Å²) in [6.07, 6.45) is 0.154. The fourth-order valence-electron chi connectivity index (χ4n) is 0.320. The predicted octanol–water partition coefficient (Wildman–Crippen LogP) is 1.05. The molecule has 11 heavy (non-hydrogen) atoms. The average Bonchev–Trinajstić information content (AvgIpc) is 1.86. The van der Waals surface area contributed by atoms with Crippen molar-refractivity contribution in [3.8, 4) is 0 Å². The summed E-state index contributed by atoms with van der Waals surface area (Å²) in [5, 5.41) is 0. The lowest BCUT2D eigenvalue weighted by molar-refractivity contribution is 0.291. The fourth-order valence-corrected chi connectivity index (χ4v) is 2.02. The second-order valence-corrected chi connectivity index (χ2v) is 4.48. The van der Waals surface area contributed by atoms with Gasteiger partial charge in [0.25, 0.3) is 0 Å². The smallest absolute Gasteiger partial charge is 0.246 e. The van der Waals surface area contributed by atoms with E-state index in [-0.39, 0.29) is 12.8 Å². The van der Waals surface area contributed by atoms with Crippen molar-refractivity contribution in [3.63, 3.8) is 0 Å². The van der Waals surface area contributed by atoms with Crippen LogP contribution in [0.5, 0.6) is 0 Å². The van der Waals surface area contributed by atoms with Gasteiger partial charge in [-0.25, -0.2) is 4.18 Å². The first-order valence-corrected chi connectivity index (χ1v) is 5.75. The van der Waals surface area contributed by atoms with E-state index in [0.29, 0.717) is 0 Å². The minimum Gasteiger partial charge on any atom is -0.246 e. The van der Waals surface area contributed by atoms with E-state index in [1.807, 2.05) is 0 Å².